The lowest BCUT2D eigenvalue weighted by Gasteiger charge is -2.18. The van der Waals surface area contributed by atoms with Crippen LogP contribution in [0.3, 0.4) is 0 Å². The molecule has 0 saturated heterocycles. The van der Waals surface area contributed by atoms with Crippen molar-refractivity contribution in [3.63, 3.8) is 0 Å². The maximum Gasteiger partial charge on any atom is 0.00816 e. The van der Waals surface area contributed by atoms with Gasteiger partial charge in [0.05, 0.1) is 0 Å². The van der Waals surface area contributed by atoms with Gasteiger partial charge in [0.15, 0.2) is 0 Å². The molecule has 78 valence electrons. The number of hydrogen-bond acceptors (Lipinski definition) is 1. The van der Waals surface area contributed by atoms with Crippen LogP contribution in [0.25, 0.3) is 0 Å². The van der Waals surface area contributed by atoms with Crippen molar-refractivity contribution in [3.05, 3.63) is 35.9 Å². The van der Waals surface area contributed by atoms with E-state index in [9.17, 15) is 0 Å². The summed E-state index contributed by atoms with van der Waals surface area (Å²) in [7, 11) is 0. The van der Waals surface area contributed by atoms with Gasteiger partial charge in [0, 0.05) is 12.1 Å². The van der Waals surface area contributed by atoms with E-state index >= 15 is 0 Å². The molecule has 0 heterocycles. The summed E-state index contributed by atoms with van der Waals surface area (Å²) >= 11 is 0. The lowest BCUT2D eigenvalue weighted by atomic mass is 10.1. The molecule has 0 bridgehead atoms. The highest BCUT2D eigenvalue weighted by Crippen LogP contribution is 2.03. The Labute approximate surface area is 87.5 Å². The van der Waals surface area contributed by atoms with Crippen LogP contribution in [0, 0.1) is 0 Å². The van der Waals surface area contributed by atoms with Crippen LogP contribution in [0.4, 0.5) is 0 Å². The zero-order valence-electron chi connectivity index (χ0n) is 9.46. The molecule has 0 aromatic heterocycles. The van der Waals surface area contributed by atoms with Gasteiger partial charge in [-0.1, -0.05) is 37.3 Å². The van der Waals surface area contributed by atoms with E-state index in [0.717, 1.165) is 6.42 Å². The molecule has 0 aliphatic rings. The standard InChI is InChI=1S/C13H21N/c1-4-11(2)14-12(3)10-13-8-6-5-7-9-13/h5-9,11-12,14H,4,10H2,1-3H3/t11-,12?/m0/s1. The Balaban J connectivity index is 2.37. The smallest absolute Gasteiger partial charge is 0.00816 e. The van der Waals surface area contributed by atoms with E-state index in [1.165, 1.54) is 12.0 Å². The SMILES string of the molecule is CC[C@H](C)NC(C)Cc1ccccc1. The molecule has 0 aliphatic heterocycles. The average molecular weight is 191 g/mol. The minimum absolute atomic E-state index is 0.562. The van der Waals surface area contributed by atoms with Gasteiger partial charge < -0.3 is 5.32 Å². The first-order valence-corrected chi connectivity index (χ1v) is 5.52. The van der Waals surface area contributed by atoms with E-state index < -0.39 is 0 Å². The second-order valence-electron chi connectivity index (χ2n) is 4.07. The fraction of sp³-hybridized carbons (Fsp3) is 0.538. The predicted octanol–water partition coefficient (Wildman–Crippen LogP) is 3.01. The van der Waals surface area contributed by atoms with Crippen molar-refractivity contribution >= 4 is 0 Å². The van der Waals surface area contributed by atoms with Gasteiger partial charge in [-0.15, -0.1) is 0 Å². The maximum atomic E-state index is 3.58. The topological polar surface area (TPSA) is 12.0 Å². The Morgan fingerprint density at radius 1 is 1.07 bits per heavy atom. The Bertz CT molecular complexity index is 243. The number of nitrogens with one attached hydrogen (secondary N) is 1. The molecule has 0 fully saturated rings. The van der Waals surface area contributed by atoms with E-state index in [-0.39, 0.29) is 0 Å². The third kappa shape index (κ3) is 3.93. The summed E-state index contributed by atoms with van der Waals surface area (Å²) in [5.74, 6) is 0. The molecule has 1 N–H and O–H groups in total. The van der Waals surface area contributed by atoms with Gasteiger partial charge in [-0.2, -0.15) is 0 Å². The van der Waals surface area contributed by atoms with Crippen molar-refractivity contribution in [2.24, 2.45) is 0 Å². The van der Waals surface area contributed by atoms with Crippen LogP contribution >= 0.6 is 0 Å². The van der Waals surface area contributed by atoms with Crippen LogP contribution in [0.15, 0.2) is 30.3 Å². The van der Waals surface area contributed by atoms with Crippen molar-refractivity contribution < 1.29 is 0 Å². The molecular formula is C13H21N. The van der Waals surface area contributed by atoms with Crippen molar-refractivity contribution in [1.82, 2.24) is 5.32 Å². The molecule has 1 aromatic rings. The van der Waals surface area contributed by atoms with Crippen LogP contribution in [-0.4, -0.2) is 12.1 Å². The second kappa shape index (κ2) is 5.82. The van der Waals surface area contributed by atoms with Crippen molar-refractivity contribution in [2.45, 2.75) is 45.7 Å². The van der Waals surface area contributed by atoms with Crippen LogP contribution in [-0.2, 0) is 6.42 Å². The fourth-order valence-electron chi connectivity index (χ4n) is 1.63. The number of rotatable bonds is 5. The van der Waals surface area contributed by atoms with Crippen molar-refractivity contribution in [1.29, 1.82) is 0 Å². The van der Waals surface area contributed by atoms with E-state index in [4.69, 9.17) is 0 Å². The van der Waals surface area contributed by atoms with Gasteiger partial charge in [0.2, 0.25) is 0 Å². The minimum atomic E-state index is 0.562. The molecule has 1 aromatic carbocycles. The Morgan fingerprint density at radius 2 is 1.71 bits per heavy atom. The third-order valence-electron chi connectivity index (χ3n) is 2.57. The summed E-state index contributed by atoms with van der Waals surface area (Å²) in [6.45, 7) is 6.70. The van der Waals surface area contributed by atoms with Gasteiger partial charge in [-0.3, -0.25) is 0 Å². The molecular weight excluding hydrogens is 170 g/mol. The van der Waals surface area contributed by atoms with Gasteiger partial charge in [0.25, 0.3) is 0 Å². The van der Waals surface area contributed by atoms with Gasteiger partial charge >= 0.3 is 0 Å². The fourth-order valence-corrected chi connectivity index (χ4v) is 1.63. The molecule has 1 nitrogen and oxygen atoms in total. The highest BCUT2D eigenvalue weighted by molar-refractivity contribution is 5.15. The van der Waals surface area contributed by atoms with Crippen LogP contribution in [0.5, 0.6) is 0 Å². The summed E-state index contributed by atoms with van der Waals surface area (Å²) < 4.78 is 0. The Kier molecular flexibility index (Phi) is 4.68. The highest BCUT2D eigenvalue weighted by Gasteiger charge is 2.05. The van der Waals surface area contributed by atoms with E-state index in [2.05, 4.69) is 56.4 Å². The molecule has 2 atom stereocenters. The lowest BCUT2D eigenvalue weighted by Crippen LogP contribution is -2.35. The quantitative estimate of drug-likeness (QED) is 0.754. The van der Waals surface area contributed by atoms with Crippen LogP contribution in [0.1, 0.15) is 32.8 Å². The summed E-state index contributed by atoms with van der Waals surface area (Å²) in [4.78, 5) is 0. The first-order valence-electron chi connectivity index (χ1n) is 5.52. The monoisotopic (exact) mass is 191 g/mol. The molecule has 0 radical (unpaired) electrons. The van der Waals surface area contributed by atoms with Crippen LogP contribution < -0.4 is 5.32 Å². The number of hydrogen-bond donors (Lipinski definition) is 1. The second-order valence-corrected chi connectivity index (χ2v) is 4.07. The summed E-state index contributed by atoms with van der Waals surface area (Å²) in [6.07, 6.45) is 2.31. The van der Waals surface area contributed by atoms with E-state index in [1.54, 1.807) is 0 Å². The Morgan fingerprint density at radius 3 is 2.29 bits per heavy atom. The van der Waals surface area contributed by atoms with Crippen LogP contribution in [0.2, 0.25) is 0 Å². The summed E-state index contributed by atoms with van der Waals surface area (Å²) in [5.41, 5.74) is 1.41. The molecule has 0 aliphatic carbocycles. The summed E-state index contributed by atoms with van der Waals surface area (Å²) in [6, 6.07) is 11.8. The number of benzene rings is 1. The zero-order chi connectivity index (χ0) is 10.4. The third-order valence-corrected chi connectivity index (χ3v) is 2.57. The van der Waals surface area contributed by atoms with Crippen molar-refractivity contribution in [3.8, 4) is 0 Å². The molecule has 1 heteroatoms. The lowest BCUT2D eigenvalue weighted by molar-refractivity contribution is 0.455. The molecule has 0 spiro atoms. The maximum absolute atomic E-state index is 3.58. The predicted molar refractivity (Wildman–Crippen MR) is 62.5 cm³/mol. The van der Waals surface area contributed by atoms with Gasteiger partial charge in [-0.05, 0) is 32.3 Å². The average Bonchev–Trinajstić information content (AvgIpc) is 2.19. The zero-order valence-corrected chi connectivity index (χ0v) is 9.46. The molecule has 0 amide bonds. The highest BCUT2D eigenvalue weighted by atomic mass is 14.9. The summed E-state index contributed by atoms with van der Waals surface area (Å²) in [5, 5.41) is 3.58. The minimum Gasteiger partial charge on any atom is -0.311 e. The normalized spacial score (nSPS) is 15.1. The molecule has 1 rings (SSSR count). The Hall–Kier alpha value is -0.820. The van der Waals surface area contributed by atoms with E-state index in [1.807, 2.05) is 0 Å². The molecule has 0 saturated carbocycles. The molecule has 14 heavy (non-hydrogen) atoms. The van der Waals surface area contributed by atoms with E-state index in [0.29, 0.717) is 12.1 Å². The largest absolute Gasteiger partial charge is 0.311 e. The van der Waals surface area contributed by atoms with Gasteiger partial charge in [-0.25, -0.2) is 0 Å². The first kappa shape index (κ1) is 11.3. The van der Waals surface area contributed by atoms with Crippen molar-refractivity contribution in [2.75, 3.05) is 0 Å². The first-order chi connectivity index (χ1) is 6.72. The van der Waals surface area contributed by atoms with Gasteiger partial charge in [0.1, 0.15) is 0 Å². The molecule has 1 unspecified atom stereocenters.